The van der Waals surface area contributed by atoms with Gasteiger partial charge >= 0.3 is 6.09 Å². The fourth-order valence-electron chi connectivity index (χ4n) is 3.39. The Bertz CT molecular complexity index is 594. The lowest BCUT2D eigenvalue weighted by Crippen LogP contribution is -2.44. The van der Waals surface area contributed by atoms with Gasteiger partial charge in [-0.05, 0) is 83.6 Å². The van der Waals surface area contributed by atoms with Crippen molar-refractivity contribution in [1.29, 1.82) is 0 Å². The van der Waals surface area contributed by atoms with Gasteiger partial charge in [0.2, 0.25) is 0 Å². The maximum Gasteiger partial charge on any atom is 0.410 e. The molecule has 1 heterocycles. The molecule has 0 radical (unpaired) electrons. The van der Waals surface area contributed by atoms with Gasteiger partial charge in [-0.2, -0.15) is 0 Å². The second kappa shape index (κ2) is 7.98. The molecule has 0 aliphatic carbocycles. The molecule has 5 heteroatoms. The highest BCUT2D eigenvalue weighted by atomic mass is 79.9. The van der Waals surface area contributed by atoms with Crippen LogP contribution in [-0.2, 0) is 4.74 Å². The minimum absolute atomic E-state index is 0.189. The average molecular weight is 411 g/mol. The molecule has 1 unspecified atom stereocenters. The number of anilines is 1. The standard InChI is InChI=1S/C20H31BrN2O2/c1-13-11-17(21)12-14(2)18(13)22-15(3)16-7-9-23(10-8-16)19(24)25-20(4,5)6/h11-12,15-16,22H,7-10H2,1-6H3. The maximum absolute atomic E-state index is 12.2. The van der Waals surface area contributed by atoms with E-state index in [0.29, 0.717) is 12.0 Å². The number of halogens is 1. The van der Waals surface area contributed by atoms with E-state index in [4.69, 9.17) is 4.74 Å². The molecule has 140 valence electrons. The Balaban J connectivity index is 1.92. The molecule has 0 saturated carbocycles. The molecule has 1 aromatic carbocycles. The summed E-state index contributed by atoms with van der Waals surface area (Å²) in [6.45, 7) is 13.8. The monoisotopic (exact) mass is 410 g/mol. The molecule has 1 amide bonds. The molecular weight excluding hydrogens is 380 g/mol. The number of likely N-dealkylation sites (tertiary alicyclic amines) is 1. The Kier molecular flexibility index (Phi) is 6.41. The first-order valence-corrected chi connectivity index (χ1v) is 9.87. The van der Waals surface area contributed by atoms with Gasteiger partial charge in [0.25, 0.3) is 0 Å². The number of piperidine rings is 1. The molecular formula is C20H31BrN2O2. The zero-order valence-corrected chi connectivity index (χ0v) is 17.9. The van der Waals surface area contributed by atoms with Crippen molar-refractivity contribution in [3.63, 3.8) is 0 Å². The molecule has 1 fully saturated rings. The van der Waals surface area contributed by atoms with Crippen molar-refractivity contribution in [3.05, 3.63) is 27.7 Å². The lowest BCUT2D eigenvalue weighted by atomic mass is 9.90. The molecule has 0 aromatic heterocycles. The summed E-state index contributed by atoms with van der Waals surface area (Å²) in [6.07, 6.45) is 1.82. The third-order valence-corrected chi connectivity index (χ3v) is 5.23. The summed E-state index contributed by atoms with van der Waals surface area (Å²) in [5.74, 6) is 0.557. The van der Waals surface area contributed by atoms with E-state index in [1.54, 1.807) is 0 Å². The molecule has 1 aromatic rings. The lowest BCUT2D eigenvalue weighted by molar-refractivity contribution is 0.0179. The summed E-state index contributed by atoms with van der Waals surface area (Å²) in [5, 5.41) is 3.70. The molecule has 1 aliphatic heterocycles. The Morgan fingerprint density at radius 2 is 1.76 bits per heavy atom. The van der Waals surface area contributed by atoms with Crippen LogP contribution in [0.2, 0.25) is 0 Å². The van der Waals surface area contributed by atoms with E-state index in [1.165, 1.54) is 16.8 Å². The van der Waals surface area contributed by atoms with Crippen LogP contribution in [0.5, 0.6) is 0 Å². The first-order chi connectivity index (χ1) is 11.6. The Labute approximate surface area is 160 Å². The molecule has 0 bridgehead atoms. The summed E-state index contributed by atoms with van der Waals surface area (Å²) in [4.78, 5) is 14.0. The SMILES string of the molecule is Cc1cc(Br)cc(C)c1NC(C)C1CCN(C(=O)OC(C)(C)C)CC1. The minimum atomic E-state index is -0.431. The van der Waals surface area contributed by atoms with Crippen molar-refractivity contribution in [1.82, 2.24) is 4.90 Å². The summed E-state index contributed by atoms with van der Waals surface area (Å²) in [7, 11) is 0. The largest absolute Gasteiger partial charge is 0.444 e. The van der Waals surface area contributed by atoms with Crippen LogP contribution in [0.4, 0.5) is 10.5 Å². The maximum atomic E-state index is 12.2. The van der Waals surface area contributed by atoms with Crippen molar-refractivity contribution in [2.75, 3.05) is 18.4 Å². The van der Waals surface area contributed by atoms with Crippen LogP contribution in [0.1, 0.15) is 51.7 Å². The van der Waals surface area contributed by atoms with E-state index >= 15 is 0 Å². The van der Waals surface area contributed by atoms with Crippen LogP contribution in [0.15, 0.2) is 16.6 Å². The number of nitrogens with zero attached hydrogens (tertiary/aromatic N) is 1. The van der Waals surface area contributed by atoms with Gasteiger partial charge in [0.05, 0.1) is 0 Å². The van der Waals surface area contributed by atoms with E-state index in [1.807, 2.05) is 25.7 Å². The van der Waals surface area contributed by atoms with Crippen LogP contribution in [0, 0.1) is 19.8 Å². The topological polar surface area (TPSA) is 41.6 Å². The summed E-state index contributed by atoms with van der Waals surface area (Å²) >= 11 is 3.55. The molecule has 1 saturated heterocycles. The smallest absolute Gasteiger partial charge is 0.410 e. The highest BCUT2D eigenvalue weighted by Crippen LogP contribution is 2.29. The average Bonchev–Trinajstić information content (AvgIpc) is 2.49. The molecule has 0 spiro atoms. The van der Waals surface area contributed by atoms with Gasteiger partial charge in [0, 0.05) is 29.3 Å². The first-order valence-electron chi connectivity index (χ1n) is 9.08. The molecule has 1 atom stereocenters. The van der Waals surface area contributed by atoms with E-state index in [9.17, 15) is 4.79 Å². The van der Waals surface area contributed by atoms with Crippen LogP contribution in [0.3, 0.4) is 0 Å². The third-order valence-electron chi connectivity index (χ3n) is 4.77. The fourth-order valence-corrected chi connectivity index (χ4v) is 4.08. The van der Waals surface area contributed by atoms with Gasteiger partial charge in [-0.1, -0.05) is 15.9 Å². The normalized spacial score (nSPS) is 17.3. The number of hydrogen-bond acceptors (Lipinski definition) is 3. The van der Waals surface area contributed by atoms with Crippen LogP contribution >= 0.6 is 15.9 Å². The van der Waals surface area contributed by atoms with Crippen molar-refractivity contribution in [2.24, 2.45) is 5.92 Å². The van der Waals surface area contributed by atoms with Gasteiger partial charge in [-0.25, -0.2) is 4.79 Å². The quantitative estimate of drug-likeness (QED) is 0.713. The van der Waals surface area contributed by atoms with Gasteiger partial charge in [-0.15, -0.1) is 0 Å². The highest BCUT2D eigenvalue weighted by Gasteiger charge is 2.29. The van der Waals surface area contributed by atoms with Crippen molar-refractivity contribution < 1.29 is 9.53 Å². The van der Waals surface area contributed by atoms with Crippen molar-refractivity contribution in [3.8, 4) is 0 Å². The zero-order chi connectivity index (χ0) is 18.8. The molecule has 4 nitrogen and oxygen atoms in total. The number of amides is 1. The van der Waals surface area contributed by atoms with E-state index in [0.717, 1.165) is 30.4 Å². The van der Waals surface area contributed by atoms with Crippen LogP contribution < -0.4 is 5.32 Å². The molecule has 25 heavy (non-hydrogen) atoms. The van der Waals surface area contributed by atoms with E-state index < -0.39 is 5.60 Å². The number of aryl methyl sites for hydroxylation is 2. The Morgan fingerprint density at radius 1 is 1.24 bits per heavy atom. The second-order valence-electron chi connectivity index (χ2n) is 8.15. The highest BCUT2D eigenvalue weighted by molar-refractivity contribution is 9.10. The predicted octanol–water partition coefficient (Wildman–Crippen LogP) is 5.51. The number of rotatable bonds is 3. The minimum Gasteiger partial charge on any atom is -0.444 e. The number of ether oxygens (including phenoxy) is 1. The Morgan fingerprint density at radius 3 is 2.24 bits per heavy atom. The van der Waals surface area contributed by atoms with Crippen molar-refractivity contribution in [2.45, 2.75) is 66.0 Å². The third kappa shape index (κ3) is 5.63. The number of carbonyl (C=O) groups excluding carboxylic acids is 1. The second-order valence-corrected chi connectivity index (χ2v) is 9.07. The molecule has 1 N–H and O–H groups in total. The van der Waals surface area contributed by atoms with Gasteiger partial charge in [0.15, 0.2) is 0 Å². The summed E-state index contributed by atoms with van der Waals surface area (Å²) in [6, 6.07) is 4.67. The van der Waals surface area contributed by atoms with Gasteiger partial charge < -0.3 is 15.0 Å². The van der Waals surface area contributed by atoms with Crippen LogP contribution in [0.25, 0.3) is 0 Å². The first kappa shape index (κ1) is 20.1. The lowest BCUT2D eigenvalue weighted by Gasteiger charge is -2.36. The van der Waals surface area contributed by atoms with Gasteiger partial charge in [-0.3, -0.25) is 0 Å². The zero-order valence-electron chi connectivity index (χ0n) is 16.3. The van der Waals surface area contributed by atoms with E-state index in [-0.39, 0.29) is 6.09 Å². The van der Waals surface area contributed by atoms with E-state index in [2.05, 4.69) is 54.2 Å². The molecule has 2 rings (SSSR count). The predicted molar refractivity (Wildman–Crippen MR) is 107 cm³/mol. The van der Waals surface area contributed by atoms with Gasteiger partial charge in [0.1, 0.15) is 5.60 Å². The summed E-state index contributed by atoms with van der Waals surface area (Å²) in [5.41, 5.74) is 3.31. The number of benzene rings is 1. The van der Waals surface area contributed by atoms with Crippen LogP contribution in [-0.4, -0.2) is 35.7 Å². The number of nitrogens with one attached hydrogen (secondary N) is 1. The van der Waals surface area contributed by atoms with Crippen molar-refractivity contribution >= 4 is 27.7 Å². The fraction of sp³-hybridized carbons (Fsp3) is 0.650. The number of hydrogen-bond donors (Lipinski definition) is 1. The number of carbonyl (C=O) groups is 1. The molecule has 1 aliphatic rings. The Hall–Kier alpha value is -1.23. The summed E-state index contributed by atoms with van der Waals surface area (Å²) < 4.78 is 6.60.